The number of ketones is 1. The quantitative estimate of drug-likeness (QED) is 0.419. The van der Waals surface area contributed by atoms with E-state index in [0.29, 0.717) is 12.3 Å². The molecule has 36 heavy (non-hydrogen) atoms. The Labute approximate surface area is 211 Å². The Hall–Kier alpha value is -3.73. The van der Waals surface area contributed by atoms with Gasteiger partial charge in [-0.25, -0.2) is 0 Å². The number of nitrogens with one attached hydrogen (secondary N) is 4. The van der Waals surface area contributed by atoms with Gasteiger partial charge in [0.05, 0.1) is 5.69 Å². The van der Waals surface area contributed by atoms with Crippen molar-refractivity contribution in [2.45, 2.75) is 54.4 Å². The molecule has 0 unspecified atom stereocenters. The van der Waals surface area contributed by atoms with E-state index < -0.39 is 0 Å². The summed E-state index contributed by atoms with van der Waals surface area (Å²) < 4.78 is 0. The predicted octanol–water partition coefficient (Wildman–Crippen LogP) is 4.99. The number of allylic oxidation sites excluding steroid dienone is 3. The number of aromatic amines is 3. The number of hydrogen-bond donors (Lipinski definition) is 4. The van der Waals surface area contributed by atoms with Crippen LogP contribution < -0.4 is 16.0 Å². The second kappa shape index (κ2) is 7.89. The van der Waals surface area contributed by atoms with Gasteiger partial charge in [-0.3, -0.25) is 4.79 Å². The van der Waals surface area contributed by atoms with Gasteiger partial charge in [0.1, 0.15) is 0 Å². The van der Waals surface area contributed by atoms with Crippen LogP contribution >= 0.6 is 0 Å². The van der Waals surface area contributed by atoms with E-state index in [0.717, 1.165) is 67.9 Å². The molecule has 5 nitrogen and oxygen atoms in total. The van der Waals surface area contributed by atoms with Crippen LogP contribution in [0.5, 0.6) is 0 Å². The van der Waals surface area contributed by atoms with Crippen LogP contribution in [0.2, 0.25) is 0 Å². The van der Waals surface area contributed by atoms with Crippen LogP contribution in [0.25, 0.3) is 29.9 Å². The highest BCUT2D eigenvalue weighted by Crippen LogP contribution is 2.43. The van der Waals surface area contributed by atoms with Crippen molar-refractivity contribution in [2.75, 3.05) is 0 Å². The fraction of sp³-hybridized carbons (Fsp3) is 0.323. The molecule has 0 saturated carbocycles. The molecule has 0 radical (unpaired) electrons. The number of fused-ring (bicyclic) bond motifs is 7. The highest BCUT2D eigenvalue weighted by atomic mass is 16.1. The minimum Gasteiger partial charge on any atom is -0.361 e. The second-order valence-electron chi connectivity index (χ2n) is 10.6. The summed E-state index contributed by atoms with van der Waals surface area (Å²) in [5.41, 5.74) is 14.3. The predicted molar refractivity (Wildman–Crippen MR) is 148 cm³/mol. The summed E-state index contributed by atoms with van der Waals surface area (Å²) >= 11 is 0. The van der Waals surface area contributed by atoms with Crippen molar-refractivity contribution in [1.82, 2.24) is 20.3 Å². The Balaban J connectivity index is 1.73. The summed E-state index contributed by atoms with van der Waals surface area (Å²) in [6.45, 7) is 17.2. The number of carbonyl (C=O) groups excluding carboxylic acids is 1. The lowest BCUT2D eigenvalue weighted by molar-refractivity contribution is 0.100. The van der Waals surface area contributed by atoms with Crippen molar-refractivity contribution >= 4 is 35.7 Å². The van der Waals surface area contributed by atoms with E-state index >= 15 is 0 Å². The van der Waals surface area contributed by atoms with Crippen LogP contribution in [0, 0.1) is 32.6 Å². The summed E-state index contributed by atoms with van der Waals surface area (Å²) in [7, 11) is 0. The molecule has 6 rings (SSSR count). The number of rotatable bonds is 2. The minimum atomic E-state index is 0.203. The SMILES string of the molecule is C=Cc1c2[nH]c(c1C)/C=C1\N/C(=C3/CC(=O)c4c3[nH]c(c4C)/C=c3\[nH]/c(c(C)c3CC)=C\2)[C@@H](C)[C@@H]1C. The Morgan fingerprint density at radius 3 is 2.36 bits per heavy atom. The lowest BCUT2D eigenvalue weighted by atomic mass is 9.92. The van der Waals surface area contributed by atoms with Gasteiger partial charge in [0.15, 0.2) is 5.78 Å². The van der Waals surface area contributed by atoms with Crippen LogP contribution in [0.15, 0.2) is 18.0 Å². The number of hydrogen-bond acceptors (Lipinski definition) is 2. The summed E-state index contributed by atoms with van der Waals surface area (Å²) in [5, 5.41) is 5.91. The van der Waals surface area contributed by atoms with Crippen LogP contribution in [-0.2, 0) is 6.42 Å². The first-order chi connectivity index (χ1) is 17.2. The largest absolute Gasteiger partial charge is 0.361 e. The van der Waals surface area contributed by atoms with Gasteiger partial charge >= 0.3 is 0 Å². The zero-order valence-electron chi connectivity index (χ0n) is 22.0. The Morgan fingerprint density at radius 2 is 1.64 bits per heavy atom. The van der Waals surface area contributed by atoms with E-state index in [9.17, 15) is 4.79 Å². The Kier molecular flexibility index (Phi) is 4.98. The highest BCUT2D eigenvalue weighted by molar-refractivity contribution is 6.13. The molecule has 4 N–H and O–H groups in total. The first-order valence-corrected chi connectivity index (χ1v) is 13.0. The van der Waals surface area contributed by atoms with Crippen molar-refractivity contribution in [2.24, 2.45) is 11.8 Å². The maximum atomic E-state index is 13.2. The molecule has 5 heteroatoms. The molecule has 1 fully saturated rings. The van der Waals surface area contributed by atoms with Crippen molar-refractivity contribution in [3.05, 3.63) is 84.8 Å². The monoisotopic (exact) mass is 478 g/mol. The molecular formula is C31H34N4O. The van der Waals surface area contributed by atoms with Crippen molar-refractivity contribution < 1.29 is 4.79 Å². The molecule has 2 aliphatic heterocycles. The average molecular weight is 479 g/mol. The molecule has 5 heterocycles. The average Bonchev–Trinajstić information content (AvgIpc) is 3.58. The molecule has 1 aliphatic carbocycles. The number of carbonyl (C=O) groups is 1. The zero-order valence-corrected chi connectivity index (χ0v) is 22.0. The lowest BCUT2D eigenvalue weighted by Gasteiger charge is -2.11. The first-order valence-electron chi connectivity index (χ1n) is 13.0. The molecule has 2 atom stereocenters. The van der Waals surface area contributed by atoms with Crippen molar-refractivity contribution in [3.63, 3.8) is 0 Å². The van der Waals surface area contributed by atoms with Gasteiger partial charge in [-0.2, -0.15) is 0 Å². The van der Waals surface area contributed by atoms with Gasteiger partial charge in [-0.15, -0.1) is 0 Å². The summed E-state index contributed by atoms with van der Waals surface area (Å²) in [6.07, 6.45) is 9.93. The lowest BCUT2D eigenvalue weighted by Crippen LogP contribution is -2.13. The molecule has 184 valence electrons. The maximum Gasteiger partial charge on any atom is 0.169 e. The third-order valence-corrected chi connectivity index (χ3v) is 8.76. The number of aromatic nitrogens is 3. The standard InChI is InChI=1S/C31H34N4O/c1-8-19-16(5)23-11-22-14(3)15(4)30(34-22)21-10-28(36)29-18(7)25(35-31(21)29)13-27-20(9-2)17(6)24(33-27)12-26(19)32-23/h8,11-15,32-35H,1,9-10H2,2-7H3/b22-11-,24-12-,27-13-,30-21-/t14-,15-/m0/s1. The zero-order chi connectivity index (χ0) is 25.5. The van der Waals surface area contributed by atoms with Crippen LogP contribution in [0.3, 0.4) is 0 Å². The molecule has 3 aromatic heterocycles. The van der Waals surface area contributed by atoms with Crippen LogP contribution in [-0.4, -0.2) is 20.7 Å². The molecular weight excluding hydrogens is 444 g/mol. The van der Waals surface area contributed by atoms with Gasteiger partial charge in [-0.1, -0.05) is 33.4 Å². The Bertz CT molecular complexity index is 1660. The highest BCUT2D eigenvalue weighted by Gasteiger charge is 2.37. The van der Waals surface area contributed by atoms with Gasteiger partial charge < -0.3 is 20.3 Å². The van der Waals surface area contributed by atoms with Crippen molar-refractivity contribution in [1.29, 1.82) is 0 Å². The van der Waals surface area contributed by atoms with Crippen LogP contribution in [0.1, 0.15) is 88.1 Å². The Morgan fingerprint density at radius 1 is 0.917 bits per heavy atom. The minimum absolute atomic E-state index is 0.203. The fourth-order valence-corrected chi connectivity index (χ4v) is 6.34. The van der Waals surface area contributed by atoms with E-state index in [-0.39, 0.29) is 11.7 Å². The van der Waals surface area contributed by atoms with Crippen LogP contribution in [0.4, 0.5) is 0 Å². The van der Waals surface area contributed by atoms with Gasteiger partial charge in [0.25, 0.3) is 0 Å². The molecule has 0 spiro atoms. The molecule has 1 saturated heterocycles. The molecule has 3 aliphatic rings. The maximum absolute atomic E-state index is 13.2. The smallest absolute Gasteiger partial charge is 0.169 e. The fourth-order valence-electron chi connectivity index (χ4n) is 6.34. The number of Topliss-reactive ketones (excluding diaryl/α,β-unsaturated/α-hetero) is 1. The van der Waals surface area contributed by atoms with E-state index in [2.05, 4.69) is 86.6 Å². The molecule has 0 amide bonds. The molecule has 0 aromatic carbocycles. The topological polar surface area (TPSA) is 76.5 Å². The van der Waals surface area contributed by atoms with E-state index in [4.69, 9.17) is 0 Å². The normalized spacial score (nSPS) is 25.6. The van der Waals surface area contributed by atoms with Gasteiger partial charge in [0, 0.05) is 74.1 Å². The third kappa shape index (κ3) is 3.05. The summed E-state index contributed by atoms with van der Waals surface area (Å²) in [5.74, 6) is 0.803. The first kappa shape index (κ1) is 22.7. The molecule has 8 bridgehead atoms. The van der Waals surface area contributed by atoms with Gasteiger partial charge in [-0.05, 0) is 67.7 Å². The van der Waals surface area contributed by atoms with E-state index in [1.807, 2.05) is 6.08 Å². The molecule has 3 aromatic rings. The summed E-state index contributed by atoms with van der Waals surface area (Å²) in [6, 6.07) is 0. The van der Waals surface area contributed by atoms with E-state index in [1.54, 1.807) is 0 Å². The second-order valence-corrected chi connectivity index (χ2v) is 10.6. The van der Waals surface area contributed by atoms with Crippen molar-refractivity contribution in [3.8, 4) is 0 Å². The summed E-state index contributed by atoms with van der Waals surface area (Å²) in [4.78, 5) is 24.2. The number of H-pyrrole nitrogens is 3. The van der Waals surface area contributed by atoms with Gasteiger partial charge in [0.2, 0.25) is 0 Å². The third-order valence-electron chi connectivity index (χ3n) is 8.76. The van der Waals surface area contributed by atoms with E-state index in [1.165, 1.54) is 22.4 Å².